The summed E-state index contributed by atoms with van der Waals surface area (Å²) in [4.78, 5) is 14.4. The summed E-state index contributed by atoms with van der Waals surface area (Å²) in [5, 5.41) is 3.25. The number of hydrogen-bond donors (Lipinski definition) is 2. The van der Waals surface area contributed by atoms with E-state index in [9.17, 15) is 4.79 Å². The van der Waals surface area contributed by atoms with E-state index >= 15 is 0 Å². The topological polar surface area (TPSA) is 52.0 Å². The fourth-order valence-corrected chi connectivity index (χ4v) is 4.33. The SMILES string of the molecule is CC[NH+]1CCc2cc(OC)c(OC)cc2[C@@H]1[C@@H](C)NC(=O)c1ccccc1C. The number of likely N-dealkylation sites (N-methyl/N-ethyl adjacent to an activating group) is 1. The van der Waals surface area contributed by atoms with Crippen molar-refractivity contribution in [2.45, 2.75) is 39.3 Å². The van der Waals surface area contributed by atoms with Gasteiger partial charge in [-0.05, 0) is 50.1 Å². The van der Waals surface area contributed by atoms with Gasteiger partial charge in [0.2, 0.25) is 0 Å². The number of nitrogens with one attached hydrogen (secondary N) is 2. The maximum Gasteiger partial charge on any atom is 0.251 e. The molecule has 0 bridgehead atoms. The highest BCUT2D eigenvalue weighted by Gasteiger charge is 2.36. The third-order valence-corrected chi connectivity index (χ3v) is 5.84. The van der Waals surface area contributed by atoms with Gasteiger partial charge in [0.05, 0.1) is 33.4 Å². The summed E-state index contributed by atoms with van der Waals surface area (Å²) in [5.74, 6) is 1.48. The van der Waals surface area contributed by atoms with E-state index in [1.807, 2.05) is 31.2 Å². The zero-order valence-corrected chi connectivity index (χ0v) is 17.5. The van der Waals surface area contributed by atoms with E-state index < -0.39 is 0 Å². The minimum atomic E-state index is -0.0198. The minimum absolute atomic E-state index is 0.0146. The van der Waals surface area contributed by atoms with Crippen LogP contribution < -0.4 is 19.7 Å². The fourth-order valence-electron chi connectivity index (χ4n) is 4.33. The number of fused-ring (bicyclic) bond motifs is 1. The van der Waals surface area contributed by atoms with Crippen molar-refractivity contribution in [1.29, 1.82) is 0 Å². The van der Waals surface area contributed by atoms with E-state index in [0.29, 0.717) is 0 Å². The van der Waals surface area contributed by atoms with E-state index in [1.54, 1.807) is 14.2 Å². The Morgan fingerprint density at radius 2 is 1.89 bits per heavy atom. The van der Waals surface area contributed by atoms with Crippen LogP contribution in [0.5, 0.6) is 11.5 Å². The standard InChI is InChI=1S/C23H30N2O3/c1-6-25-12-11-17-13-20(27-4)21(28-5)14-19(17)22(25)16(3)24-23(26)18-10-8-7-9-15(18)2/h7-10,13-14,16,22H,6,11-12H2,1-5H3,(H,24,26)/p+1/t16-,22+/m1/s1. The fraction of sp³-hybridized carbons (Fsp3) is 0.435. The van der Waals surface area contributed by atoms with Crippen molar-refractivity contribution in [3.05, 3.63) is 58.7 Å². The molecule has 0 saturated heterocycles. The van der Waals surface area contributed by atoms with Gasteiger partial charge in [0.1, 0.15) is 6.04 Å². The minimum Gasteiger partial charge on any atom is -0.493 e. The van der Waals surface area contributed by atoms with Gasteiger partial charge in [-0.2, -0.15) is 0 Å². The van der Waals surface area contributed by atoms with Crippen LogP contribution in [0.25, 0.3) is 0 Å². The second-order valence-electron chi connectivity index (χ2n) is 7.47. The molecule has 150 valence electrons. The second kappa shape index (κ2) is 8.65. The van der Waals surface area contributed by atoms with Crippen LogP contribution in [-0.4, -0.2) is 39.3 Å². The molecule has 1 aliphatic rings. The van der Waals surface area contributed by atoms with Crippen LogP contribution in [0.3, 0.4) is 0 Å². The highest BCUT2D eigenvalue weighted by Crippen LogP contribution is 2.35. The Hall–Kier alpha value is -2.53. The number of methoxy groups -OCH3 is 2. The normalized spacial score (nSPS) is 19.5. The zero-order valence-electron chi connectivity index (χ0n) is 17.5. The quantitative estimate of drug-likeness (QED) is 0.805. The largest absolute Gasteiger partial charge is 0.493 e. The summed E-state index contributed by atoms with van der Waals surface area (Å²) in [5.41, 5.74) is 4.23. The van der Waals surface area contributed by atoms with Crippen molar-refractivity contribution in [2.75, 3.05) is 27.3 Å². The number of ether oxygens (including phenoxy) is 2. The molecule has 2 N–H and O–H groups in total. The van der Waals surface area contributed by atoms with E-state index in [0.717, 1.165) is 42.1 Å². The molecule has 3 atom stereocenters. The first-order chi connectivity index (χ1) is 13.5. The number of amides is 1. The summed E-state index contributed by atoms with van der Waals surface area (Å²) >= 11 is 0. The molecule has 0 aromatic heterocycles. The van der Waals surface area contributed by atoms with Crippen LogP contribution >= 0.6 is 0 Å². The van der Waals surface area contributed by atoms with Crippen molar-refractivity contribution in [3.63, 3.8) is 0 Å². The van der Waals surface area contributed by atoms with Gasteiger partial charge >= 0.3 is 0 Å². The lowest BCUT2D eigenvalue weighted by atomic mass is 9.88. The van der Waals surface area contributed by atoms with E-state index in [2.05, 4.69) is 31.3 Å². The maximum absolute atomic E-state index is 12.9. The average Bonchev–Trinajstić information content (AvgIpc) is 2.71. The Balaban J connectivity index is 1.93. The molecule has 2 aromatic rings. The summed E-state index contributed by atoms with van der Waals surface area (Å²) < 4.78 is 11.0. The Bertz CT molecular complexity index is 850. The molecule has 5 nitrogen and oxygen atoms in total. The number of benzene rings is 2. The predicted octanol–water partition coefficient (Wildman–Crippen LogP) is 2.33. The van der Waals surface area contributed by atoms with Gasteiger partial charge in [-0.25, -0.2) is 0 Å². The zero-order chi connectivity index (χ0) is 20.3. The average molecular weight is 384 g/mol. The maximum atomic E-state index is 12.9. The monoisotopic (exact) mass is 383 g/mol. The molecule has 2 aromatic carbocycles. The number of carbonyl (C=O) groups excluding carboxylic acids is 1. The number of rotatable bonds is 6. The second-order valence-corrected chi connectivity index (χ2v) is 7.47. The molecule has 0 spiro atoms. The van der Waals surface area contributed by atoms with Crippen molar-refractivity contribution in [3.8, 4) is 11.5 Å². The van der Waals surface area contributed by atoms with Crippen LogP contribution in [0.1, 0.15) is 46.9 Å². The van der Waals surface area contributed by atoms with E-state index in [-0.39, 0.29) is 18.0 Å². The Morgan fingerprint density at radius 3 is 2.54 bits per heavy atom. The van der Waals surface area contributed by atoms with Gasteiger partial charge in [-0.3, -0.25) is 4.79 Å². The molecule has 0 radical (unpaired) electrons. The van der Waals surface area contributed by atoms with Crippen LogP contribution in [-0.2, 0) is 6.42 Å². The van der Waals surface area contributed by atoms with Crippen LogP contribution in [0.15, 0.2) is 36.4 Å². The molecule has 1 aliphatic heterocycles. The first-order valence-electron chi connectivity index (χ1n) is 9.96. The third kappa shape index (κ3) is 3.85. The van der Waals surface area contributed by atoms with E-state index in [1.165, 1.54) is 16.0 Å². The number of aryl methyl sites for hydroxylation is 1. The van der Waals surface area contributed by atoms with Gasteiger partial charge in [0.25, 0.3) is 5.91 Å². The highest BCUT2D eigenvalue weighted by atomic mass is 16.5. The summed E-state index contributed by atoms with van der Waals surface area (Å²) in [7, 11) is 3.33. The molecule has 1 amide bonds. The Kier molecular flexibility index (Phi) is 6.25. The van der Waals surface area contributed by atoms with Crippen molar-refractivity contribution in [2.24, 2.45) is 0 Å². The molecular formula is C23H31N2O3+. The van der Waals surface area contributed by atoms with E-state index in [4.69, 9.17) is 9.47 Å². The number of quaternary nitrogens is 1. The molecule has 5 heteroatoms. The van der Waals surface area contributed by atoms with Gasteiger partial charge in [-0.1, -0.05) is 18.2 Å². The Labute approximate surface area is 167 Å². The molecular weight excluding hydrogens is 352 g/mol. The predicted molar refractivity (Wildman–Crippen MR) is 110 cm³/mol. The first-order valence-corrected chi connectivity index (χ1v) is 9.96. The molecule has 28 heavy (non-hydrogen) atoms. The smallest absolute Gasteiger partial charge is 0.251 e. The van der Waals surface area contributed by atoms with Gasteiger partial charge < -0.3 is 19.7 Å². The van der Waals surface area contributed by atoms with Crippen molar-refractivity contribution < 1.29 is 19.2 Å². The van der Waals surface area contributed by atoms with Crippen LogP contribution in [0, 0.1) is 6.92 Å². The lowest BCUT2D eigenvalue weighted by Gasteiger charge is -2.37. The summed E-state index contributed by atoms with van der Waals surface area (Å²) in [6.07, 6.45) is 0.994. The molecule has 0 fully saturated rings. The molecule has 0 saturated carbocycles. The highest BCUT2D eigenvalue weighted by molar-refractivity contribution is 5.95. The number of hydrogen-bond acceptors (Lipinski definition) is 3. The Morgan fingerprint density at radius 1 is 1.21 bits per heavy atom. The summed E-state index contributed by atoms with van der Waals surface area (Å²) in [6.45, 7) is 8.31. The van der Waals surface area contributed by atoms with Crippen molar-refractivity contribution in [1.82, 2.24) is 5.32 Å². The third-order valence-electron chi connectivity index (χ3n) is 5.84. The van der Waals surface area contributed by atoms with Crippen molar-refractivity contribution >= 4 is 5.91 Å². The molecule has 3 rings (SSSR count). The molecule has 1 unspecified atom stereocenters. The van der Waals surface area contributed by atoms with Crippen LogP contribution in [0.2, 0.25) is 0 Å². The molecule has 0 aliphatic carbocycles. The lowest BCUT2D eigenvalue weighted by Crippen LogP contribution is -3.14. The molecule has 1 heterocycles. The summed E-state index contributed by atoms with van der Waals surface area (Å²) in [6, 6.07) is 12.0. The number of carbonyl (C=O) groups is 1. The first kappa shape index (κ1) is 20.2. The van der Waals surface area contributed by atoms with Gasteiger partial charge in [-0.15, -0.1) is 0 Å². The van der Waals surface area contributed by atoms with Gasteiger partial charge in [0, 0.05) is 17.5 Å². The lowest BCUT2D eigenvalue weighted by molar-refractivity contribution is -0.933. The van der Waals surface area contributed by atoms with Crippen LogP contribution in [0.4, 0.5) is 0 Å². The van der Waals surface area contributed by atoms with Gasteiger partial charge in [0.15, 0.2) is 11.5 Å².